The zero-order valence-electron chi connectivity index (χ0n) is 17.9. The number of aryl methyl sites for hydroxylation is 2. The Morgan fingerprint density at radius 3 is 2.65 bits per heavy atom. The molecule has 0 fully saturated rings. The van der Waals surface area contributed by atoms with Crippen LogP contribution in [-0.4, -0.2) is 28.1 Å². The molecule has 2 amide bonds. The van der Waals surface area contributed by atoms with Crippen molar-refractivity contribution in [3.05, 3.63) is 70.4 Å². The monoisotopic (exact) mass is 422 g/mol. The van der Waals surface area contributed by atoms with E-state index in [1.807, 2.05) is 41.8 Å². The molecule has 0 saturated carbocycles. The van der Waals surface area contributed by atoms with Crippen LogP contribution in [0, 0.1) is 13.8 Å². The number of nitrogens with one attached hydrogen (secondary N) is 2. The summed E-state index contributed by atoms with van der Waals surface area (Å²) in [5.41, 5.74) is 3.75. The minimum absolute atomic E-state index is 0.112. The molecule has 1 aromatic carbocycles. The van der Waals surface area contributed by atoms with E-state index in [1.54, 1.807) is 19.9 Å². The van der Waals surface area contributed by atoms with E-state index in [9.17, 15) is 9.59 Å². The lowest BCUT2D eigenvalue weighted by Gasteiger charge is -2.21. The fourth-order valence-electron chi connectivity index (χ4n) is 3.89. The molecule has 2 N–H and O–H groups in total. The molecule has 0 aliphatic carbocycles. The highest BCUT2D eigenvalue weighted by molar-refractivity contribution is 6.07. The molecule has 0 spiro atoms. The van der Waals surface area contributed by atoms with Crippen molar-refractivity contribution in [2.45, 2.75) is 46.4 Å². The van der Waals surface area contributed by atoms with Gasteiger partial charge in [-0.15, -0.1) is 0 Å². The lowest BCUT2D eigenvalue weighted by atomic mass is 10.0. The second-order valence-electron chi connectivity index (χ2n) is 7.59. The molecular formula is C23H26N4O4. The van der Waals surface area contributed by atoms with E-state index in [2.05, 4.69) is 15.8 Å². The van der Waals surface area contributed by atoms with E-state index in [-0.39, 0.29) is 24.5 Å². The van der Waals surface area contributed by atoms with Crippen LogP contribution < -0.4 is 10.6 Å². The molecule has 4 rings (SSSR count). The summed E-state index contributed by atoms with van der Waals surface area (Å²) in [6.45, 7) is 6.80. The van der Waals surface area contributed by atoms with Gasteiger partial charge in [-0.05, 0) is 31.9 Å². The molecule has 31 heavy (non-hydrogen) atoms. The maximum atomic E-state index is 13.2. The zero-order chi connectivity index (χ0) is 22.0. The molecule has 8 nitrogen and oxygen atoms in total. The van der Waals surface area contributed by atoms with E-state index in [1.165, 1.54) is 0 Å². The predicted octanol–water partition coefficient (Wildman–Crippen LogP) is 3.76. The SMILES string of the molecule is CC[C@@H](NC(=O)c1cc(C(=O)Nc2c(C)noc2C)c2n1CCOC2)c1ccccc1. The van der Waals surface area contributed by atoms with Crippen LogP contribution in [0.25, 0.3) is 0 Å². The maximum Gasteiger partial charge on any atom is 0.268 e. The number of rotatable bonds is 6. The fourth-order valence-corrected chi connectivity index (χ4v) is 3.89. The van der Waals surface area contributed by atoms with Crippen molar-refractivity contribution in [1.29, 1.82) is 0 Å². The van der Waals surface area contributed by atoms with Crippen LogP contribution in [0.1, 0.15) is 62.9 Å². The van der Waals surface area contributed by atoms with Gasteiger partial charge in [0.05, 0.1) is 30.5 Å². The van der Waals surface area contributed by atoms with Crippen molar-refractivity contribution in [3.8, 4) is 0 Å². The Balaban J connectivity index is 1.62. The average molecular weight is 422 g/mol. The minimum atomic E-state index is -0.321. The van der Waals surface area contributed by atoms with Crippen LogP contribution in [0.4, 0.5) is 5.69 Å². The van der Waals surface area contributed by atoms with Gasteiger partial charge >= 0.3 is 0 Å². The Labute approximate surface area is 180 Å². The topological polar surface area (TPSA) is 98.4 Å². The Morgan fingerprint density at radius 2 is 1.97 bits per heavy atom. The van der Waals surface area contributed by atoms with Gasteiger partial charge in [-0.3, -0.25) is 9.59 Å². The molecule has 0 unspecified atom stereocenters. The van der Waals surface area contributed by atoms with Crippen molar-refractivity contribution >= 4 is 17.5 Å². The standard InChI is InChI=1S/C23H26N4O4/c1-4-18(16-8-6-5-7-9-16)24-23(29)19-12-17(20-13-30-11-10-27(19)20)22(28)25-21-14(2)26-31-15(21)3/h5-9,12,18H,4,10-11,13H2,1-3H3,(H,24,29)(H,25,28)/t18-/m1/s1. The van der Waals surface area contributed by atoms with E-state index < -0.39 is 0 Å². The van der Waals surface area contributed by atoms with E-state index >= 15 is 0 Å². The van der Waals surface area contributed by atoms with Gasteiger partial charge in [-0.1, -0.05) is 42.4 Å². The van der Waals surface area contributed by atoms with Gasteiger partial charge in [0.1, 0.15) is 17.1 Å². The summed E-state index contributed by atoms with van der Waals surface area (Å²) in [5.74, 6) is -0.00478. The molecule has 162 valence electrons. The van der Waals surface area contributed by atoms with Gasteiger partial charge in [0.2, 0.25) is 0 Å². The number of hydrogen-bond acceptors (Lipinski definition) is 5. The summed E-state index contributed by atoms with van der Waals surface area (Å²) in [6, 6.07) is 11.4. The summed E-state index contributed by atoms with van der Waals surface area (Å²) < 4.78 is 12.6. The molecule has 0 bridgehead atoms. The number of fused-ring (bicyclic) bond motifs is 1. The first-order valence-corrected chi connectivity index (χ1v) is 10.4. The van der Waals surface area contributed by atoms with Crippen molar-refractivity contribution in [2.75, 3.05) is 11.9 Å². The summed E-state index contributed by atoms with van der Waals surface area (Å²) in [5, 5.41) is 9.84. The smallest absolute Gasteiger partial charge is 0.268 e. The summed E-state index contributed by atoms with van der Waals surface area (Å²) in [7, 11) is 0. The van der Waals surface area contributed by atoms with Gasteiger partial charge in [0.25, 0.3) is 11.8 Å². The van der Waals surface area contributed by atoms with Crippen molar-refractivity contribution in [2.24, 2.45) is 0 Å². The van der Waals surface area contributed by atoms with Crippen molar-refractivity contribution < 1.29 is 18.8 Å². The number of anilines is 1. The van der Waals surface area contributed by atoms with Crippen molar-refractivity contribution in [3.63, 3.8) is 0 Å². The lowest BCUT2D eigenvalue weighted by Crippen LogP contribution is -2.31. The number of carbonyl (C=O) groups excluding carboxylic acids is 2. The summed E-state index contributed by atoms with van der Waals surface area (Å²) in [4.78, 5) is 26.2. The summed E-state index contributed by atoms with van der Waals surface area (Å²) >= 11 is 0. The molecule has 1 aliphatic heterocycles. The minimum Gasteiger partial charge on any atom is -0.373 e. The quantitative estimate of drug-likeness (QED) is 0.630. The van der Waals surface area contributed by atoms with Gasteiger partial charge in [0, 0.05) is 6.54 Å². The highest BCUT2D eigenvalue weighted by Gasteiger charge is 2.28. The van der Waals surface area contributed by atoms with Crippen LogP contribution in [0.5, 0.6) is 0 Å². The molecule has 8 heteroatoms. The number of aromatic nitrogens is 2. The molecule has 0 radical (unpaired) electrons. The number of ether oxygens (including phenoxy) is 1. The third-order valence-corrected chi connectivity index (χ3v) is 5.57. The van der Waals surface area contributed by atoms with Gasteiger partial charge < -0.3 is 24.5 Å². The fraction of sp³-hybridized carbons (Fsp3) is 0.348. The normalized spacial score (nSPS) is 14.0. The maximum absolute atomic E-state index is 13.2. The van der Waals surface area contributed by atoms with Crippen molar-refractivity contribution in [1.82, 2.24) is 15.0 Å². The van der Waals surface area contributed by atoms with Gasteiger partial charge in [-0.25, -0.2) is 0 Å². The second kappa shape index (κ2) is 8.77. The number of benzene rings is 1. The first-order valence-electron chi connectivity index (χ1n) is 10.4. The number of carbonyl (C=O) groups is 2. The first kappa shape index (κ1) is 20.9. The molecular weight excluding hydrogens is 396 g/mol. The highest BCUT2D eigenvalue weighted by atomic mass is 16.5. The van der Waals surface area contributed by atoms with Gasteiger partial charge in [-0.2, -0.15) is 0 Å². The number of amides is 2. The number of nitrogens with zero attached hydrogens (tertiary/aromatic N) is 2. The second-order valence-corrected chi connectivity index (χ2v) is 7.59. The Morgan fingerprint density at radius 1 is 1.19 bits per heavy atom. The summed E-state index contributed by atoms with van der Waals surface area (Å²) in [6.07, 6.45) is 0.756. The Hall–Kier alpha value is -3.39. The molecule has 0 saturated heterocycles. The Bertz CT molecular complexity index is 1080. The van der Waals surface area contributed by atoms with Gasteiger partial charge in [0.15, 0.2) is 5.76 Å². The van der Waals surface area contributed by atoms with Crippen LogP contribution in [0.15, 0.2) is 40.9 Å². The molecule has 1 aliphatic rings. The van der Waals surface area contributed by atoms with E-state index in [0.29, 0.717) is 47.2 Å². The Kier molecular flexibility index (Phi) is 5.90. The molecule has 3 heterocycles. The van der Waals surface area contributed by atoms with Crippen LogP contribution in [0.2, 0.25) is 0 Å². The third-order valence-electron chi connectivity index (χ3n) is 5.57. The zero-order valence-corrected chi connectivity index (χ0v) is 17.9. The van der Waals surface area contributed by atoms with Crippen LogP contribution in [-0.2, 0) is 17.9 Å². The van der Waals surface area contributed by atoms with E-state index in [4.69, 9.17) is 9.26 Å². The number of hydrogen-bond donors (Lipinski definition) is 2. The van der Waals surface area contributed by atoms with Crippen LogP contribution in [0.3, 0.4) is 0 Å². The predicted molar refractivity (Wildman–Crippen MR) is 115 cm³/mol. The molecule has 3 aromatic rings. The molecule has 2 aromatic heterocycles. The van der Waals surface area contributed by atoms with E-state index in [0.717, 1.165) is 12.0 Å². The van der Waals surface area contributed by atoms with Crippen LogP contribution >= 0.6 is 0 Å². The first-order chi connectivity index (χ1) is 15.0. The average Bonchev–Trinajstić information content (AvgIpc) is 3.33. The molecule has 1 atom stereocenters. The largest absolute Gasteiger partial charge is 0.373 e. The third kappa shape index (κ3) is 4.11. The highest BCUT2D eigenvalue weighted by Crippen LogP contribution is 2.25. The lowest BCUT2D eigenvalue weighted by molar-refractivity contribution is 0.0783.